The van der Waals surface area contributed by atoms with Crippen LogP contribution in [0.4, 0.5) is 0 Å². The van der Waals surface area contributed by atoms with Crippen LogP contribution in [0.5, 0.6) is 0 Å². The Morgan fingerprint density at radius 3 is 1.96 bits per heavy atom. The highest BCUT2D eigenvalue weighted by molar-refractivity contribution is 9.10. The van der Waals surface area contributed by atoms with Crippen LogP contribution in [0.2, 0.25) is 0 Å². The maximum Gasteiger partial charge on any atom is 0.317 e. The molecule has 0 aliphatic heterocycles. The van der Waals surface area contributed by atoms with E-state index in [9.17, 15) is 4.79 Å². The van der Waals surface area contributed by atoms with Crippen molar-refractivity contribution in [2.24, 2.45) is 11.7 Å². The Labute approximate surface area is 148 Å². The minimum absolute atomic E-state index is 0.497. The summed E-state index contributed by atoms with van der Waals surface area (Å²) in [5.41, 5.74) is 7.99. The molecule has 130 valence electrons. The van der Waals surface area contributed by atoms with Crippen LogP contribution < -0.4 is 5.73 Å². The fourth-order valence-corrected chi connectivity index (χ4v) is 3.09. The number of nitrogens with two attached hydrogens (primary N) is 1. The van der Waals surface area contributed by atoms with Crippen molar-refractivity contribution in [2.45, 2.75) is 69.7 Å². The second kappa shape index (κ2) is 10.8. The molecule has 1 atom stereocenters. The average molecular weight is 384 g/mol. The summed E-state index contributed by atoms with van der Waals surface area (Å²) in [7, 11) is 0. The van der Waals surface area contributed by atoms with E-state index in [-0.39, 0.29) is 0 Å². The summed E-state index contributed by atoms with van der Waals surface area (Å²) in [6.07, 6.45) is 8.25. The normalized spacial score (nSPS) is 16.6. The predicted molar refractivity (Wildman–Crippen MR) is 100 cm³/mol. The molecule has 1 aromatic rings. The first-order valence-electron chi connectivity index (χ1n) is 8.58. The molecule has 2 rings (SSSR count). The smallest absolute Gasteiger partial charge is 0.317 e. The SMILES string of the molecule is CC(C)Cc1ccc(CC(Br)C(=O)O)cc1.NC1CCCCC1. The van der Waals surface area contributed by atoms with E-state index in [1.165, 1.54) is 37.7 Å². The Hall–Kier alpha value is -0.870. The van der Waals surface area contributed by atoms with Crippen molar-refractivity contribution in [2.75, 3.05) is 0 Å². The quantitative estimate of drug-likeness (QED) is 0.732. The number of benzene rings is 1. The van der Waals surface area contributed by atoms with Crippen molar-refractivity contribution in [3.8, 4) is 0 Å². The van der Waals surface area contributed by atoms with E-state index in [1.807, 2.05) is 12.1 Å². The van der Waals surface area contributed by atoms with Gasteiger partial charge >= 0.3 is 5.97 Å². The van der Waals surface area contributed by atoms with Gasteiger partial charge in [0.2, 0.25) is 0 Å². The third-order valence-corrected chi connectivity index (χ3v) is 4.72. The molecule has 3 nitrogen and oxygen atoms in total. The largest absolute Gasteiger partial charge is 0.480 e. The minimum atomic E-state index is -0.814. The topological polar surface area (TPSA) is 63.3 Å². The zero-order valence-electron chi connectivity index (χ0n) is 14.3. The van der Waals surface area contributed by atoms with Gasteiger partial charge in [0, 0.05) is 6.04 Å². The third-order valence-electron chi connectivity index (χ3n) is 4.00. The minimum Gasteiger partial charge on any atom is -0.480 e. The summed E-state index contributed by atoms with van der Waals surface area (Å²) in [6.45, 7) is 4.37. The highest BCUT2D eigenvalue weighted by atomic mass is 79.9. The summed E-state index contributed by atoms with van der Waals surface area (Å²) in [5.74, 6) is -0.167. The van der Waals surface area contributed by atoms with Gasteiger partial charge in [-0.2, -0.15) is 0 Å². The standard InChI is InChI=1S/C13H17BrO2.C6H13N/c1-9(2)7-10-3-5-11(6-4-10)8-12(14)13(15)16;7-6-4-2-1-3-5-6/h3-6,9,12H,7-8H2,1-2H3,(H,15,16);6H,1-5,7H2. The fourth-order valence-electron chi connectivity index (χ4n) is 2.71. The summed E-state index contributed by atoms with van der Waals surface area (Å²) in [6, 6.07) is 8.71. The van der Waals surface area contributed by atoms with Crippen LogP contribution >= 0.6 is 15.9 Å². The maximum atomic E-state index is 10.7. The average Bonchev–Trinajstić information content (AvgIpc) is 2.50. The van der Waals surface area contributed by atoms with Crippen LogP contribution in [0.1, 0.15) is 57.1 Å². The first-order valence-corrected chi connectivity index (χ1v) is 9.50. The third kappa shape index (κ3) is 9.11. The molecule has 1 aliphatic rings. The van der Waals surface area contributed by atoms with Crippen molar-refractivity contribution in [3.05, 3.63) is 35.4 Å². The van der Waals surface area contributed by atoms with E-state index in [0.29, 0.717) is 18.4 Å². The lowest BCUT2D eigenvalue weighted by Gasteiger charge is -2.15. The van der Waals surface area contributed by atoms with Gasteiger partial charge in [-0.05, 0) is 42.7 Å². The molecule has 0 bridgehead atoms. The maximum absolute atomic E-state index is 10.7. The van der Waals surface area contributed by atoms with Crippen LogP contribution in [0.15, 0.2) is 24.3 Å². The van der Waals surface area contributed by atoms with Gasteiger partial charge in [0.25, 0.3) is 0 Å². The molecule has 1 aliphatic carbocycles. The van der Waals surface area contributed by atoms with E-state index < -0.39 is 10.8 Å². The van der Waals surface area contributed by atoms with Crippen LogP contribution in [0.3, 0.4) is 0 Å². The Balaban J connectivity index is 0.000000313. The van der Waals surface area contributed by atoms with Gasteiger partial charge in [-0.15, -0.1) is 0 Å². The van der Waals surface area contributed by atoms with Gasteiger partial charge in [-0.25, -0.2) is 0 Å². The molecule has 0 heterocycles. The molecule has 0 radical (unpaired) electrons. The monoisotopic (exact) mass is 383 g/mol. The molecule has 1 unspecified atom stereocenters. The molecule has 4 heteroatoms. The van der Waals surface area contributed by atoms with Crippen LogP contribution in [0, 0.1) is 5.92 Å². The summed E-state index contributed by atoms with van der Waals surface area (Å²) in [5, 5.41) is 8.77. The molecule has 23 heavy (non-hydrogen) atoms. The van der Waals surface area contributed by atoms with E-state index >= 15 is 0 Å². The number of carboxylic acid groups (broad SMARTS) is 1. The number of alkyl halides is 1. The summed E-state index contributed by atoms with van der Waals surface area (Å²) < 4.78 is 0. The zero-order valence-corrected chi connectivity index (χ0v) is 15.9. The number of hydrogen-bond donors (Lipinski definition) is 2. The van der Waals surface area contributed by atoms with Gasteiger partial charge in [0.15, 0.2) is 0 Å². The molecule has 1 fully saturated rings. The van der Waals surface area contributed by atoms with E-state index in [2.05, 4.69) is 41.9 Å². The fraction of sp³-hybridized carbons (Fsp3) is 0.632. The van der Waals surface area contributed by atoms with Crippen LogP contribution in [0.25, 0.3) is 0 Å². The van der Waals surface area contributed by atoms with Crippen molar-refractivity contribution in [3.63, 3.8) is 0 Å². The van der Waals surface area contributed by atoms with Crippen molar-refractivity contribution in [1.82, 2.24) is 0 Å². The molecule has 0 amide bonds. The van der Waals surface area contributed by atoms with E-state index in [1.54, 1.807) is 0 Å². The summed E-state index contributed by atoms with van der Waals surface area (Å²) >= 11 is 3.14. The van der Waals surface area contributed by atoms with Crippen LogP contribution in [-0.4, -0.2) is 21.9 Å². The number of carboxylic acids is 1. The van der Waals surface area contributed by atoms with Crippen molar-refractivity contribution in [1.29, 1.82) is 0 Å². The Morgan fingerprint density at radius 1 is 1.13 bits per heavy atom. The molecule has 0 aromatic heterocycles. The number of carbonyl (C=O) groups is 1. The first-order chi connectivity index (χ1) is 10.9. The second-order valence-electron chi connectivity index (χ2n) is 6.82. The Kier molecular flexibility index (Phi) is 9.49. The number of hydrogen-bond acceptors (Lipinski definition) is 2. The molecular formula is C19H30BrNO2. The zero-order chi connectivity index (χ0) is 17.2. The molecule has 0 saturated heterocycles. The van der Waals surface area contributed by atoms with E-state index in [4.69, 9.17) is 10.8 Å². The first kappa shape index (κ1) is 20.2. The molecular weight excluding hydrogens is 354 g/mol. The lowest BCUT2D eigenvalue weighted by atomic mass is 9.97. The highest BCUT2D eigenvalue weighted by Gasteiger charge is 2.13. The number of halogens is 1. The van der Waals surface area contributed by atoms with Gasteiger partial charge in [-0.3, -0.25) is 4.79 Å². The lowest BCUT2D eigenvalue weighted by molar-refractivity contribution is -0.136. The van der Waals surface area contributed by atoms with Gasteiger partial charge in [0.1, 0.15) is 4.83 Å². The number of rotatable bonds is 5. The van der Waals surface area contributed by atoms with Gasteiger partial charge in [0.05, 0.1) is 0 Å². The van der Waals surface area contributed by atoms with Crippen LogP contribution in [-0.2, 0) is 17.6 Å². The molecule has 0 spiro atoms. The Bertz CT molecular complexity index is 453. The molecule has 1 saturated carbocycles. The van der Waals surface area contributed by atoms with Gasteiger partial charge in [-0.1, -0.05) is 73.3 Å². The van der Waals surface area contributed by atoms with Crippen molar-refractivity contribution < 1.29 is 9.90 Å². The second-order valence-corrected chi connectivity index (χ2v) is 7.93. The molecule has 3 N–H and O–H groups in total. The molecule has 1 aromatic carbocycles. The van der Waals surface area contributed by atoms with Gasteiger partial charge < -0.3 is 10.8 Å². The lowest BCUT2D eigenvalue weighted by Crippen LogP contribution is -2.22. The summed E-state index contributed by atoms with van der Waals surface area (Å²) in [4.78, 5) is 10.2. The Morgan fingerprint density at radius 2 is 1.61 bits per heavy atom. The predicted octanol–water partition coefficient (Wildman–Crippen LogP) is 4.55. The van der Waals surface area contributed by atoms with E-state index in [0.717, 1.165) is 12.0 Å². The number of aliphatic carboxylic acids is 1. The highest BCUT2D eigenvalue weighted by Crippen LogP contribution is 2.15. The van der Waals surface area contributed by atoms with Crippen molar-refractivity contribution >= 4 is 21.9 Å².